The van der Waals surface area contributed by atoms with Gasteiger partial charge in [-0.15, -0.1) is 10.2 Å². The number of piperidine rings is 1. The molecule has 1 aromatic heterocycles. The van der Waals surface area contributed by atoms with E-state index in [1.54, 1.807) is 18.2 Å². The largest absolute Gasteiger partial charge is 0.450 e. The smallest absolute Gasteiger partial charge is 0.409 e. The normalized spacial score (nSPS) is 14.7. The maximum Gasteiger partial charge on any atom is 0.409 e. The van der Waals surface area contributed by atoms with Crippen molar-refractivity contribution in [2.75, 3.05) is 25.4 Å². The van der Waals surface area contributed by atoms with Crippen LogP contribution in [0, 0.1) is 13.8 Å². The first-order valence-corrected chi connectivity index (χ1v) is 10.8. The van der Waals surface area contributed by atoms with E-state index in [0.717, 1.165) is 24.1 Å². The Morgan fingerprint density at radius 1 is 1.28 bits per heavy atom. The van der Waals surface area contributed by atoms with Crippen LogP contribution in [0.25, 0.3) is 5.69 Å². The zero-order valence-corrected chi connectivity index (χ0v) is 17.9. The number of nitrogens with zero attached hydrogens (tertiary/aromatic N) is 4. The summed E-state index contributed by atoms with van der Waals surface area (Å²) in [5.41, 5.74) is 3.33. The monoisotopic (exact) mass is 417 g/mol. The predicted octanol–water partition coefficient (Wildman–Crippen LogP) is 2.71. The summed E-state index contributed by atoms with van der Waals surface area (Å²) in [5, 5.41) is 11.9. The van der Waals surface area contributed by atoms with E-state index in [0.29, 0.717) is 24.9 Å². The van der Waals surface area contributed by atoms with E-state index in [1.165, 1.54) is 17.3 Å². The summed E-state index contributed by atoms with van der Waals surface area (Å²) < 4.78 is 6.93. The molecule has 1 aliphatic rings. The van der Waals surface area contributed by atoms with Gasteiger partial charge < -0.3 is 15.0 Å². The molecule has 0 aliphatic carbocycles. The van der Waals surface area contributed by atoms with Crippen molar-refractivity contribution >= 4 is 23.8 Å². The van der Waals surface area contributed by atoms with Gasteiger partial charge in [0.2, 0.25) is 5.91 Å². The fourth-order valence-electron chi connectivity index (χ4n) is 3.38. The lowest BCUT2D eigenvalue weighted by atomic mass is 10.1. The molecular formula is C20H27N5O3S. The first-order chi connectivity index (χ1) is 14.0. The molecule has 2 heterocycles. The average molecular weight is 418 g/mol. The molecule has 2 aromatic rings. The molecule has 1 aromatic carbocycles. The number of hydrogen-bond donors (Lipinski definition) is 1. The zero-order valence-electron chi connectivity index (χ0n) is 17.1. The lowest BCUT2D eigenvalue weighted by molar-refractivity contribution is -0.119. The fourth-order valence-corrected chi connectivity index (χ4v) is 4.12. The van der Waals surface area contributed by atoms with Crippen molar-refractivity contribution in [3.8, 4) is 5.69 Å². The van der Waals surface area contributed by atoms with Crippen molar-refractivity contribution in [3.05, 3.63) is 35.7 Å². The van der Waals surface area contributed by atoms with Gasteiger partial charge in [0, 0.05) is 19.1 Å². The number of rotatable bonds is 6. The third kappa shape index (κ3) is 5.50. The summed E-state index contributed by atoms with van der Waals surface area (Å²) in [5.74, 6) is 0.224. The minimum absolute atomic E-state index is 0.0419. The third-order valence-corrected chi connectivity index (χ3v) is 5.79. The van der Waals surface area contributed by atoms with E-state index < -0.39 is 0 Å². The van der Waals surface area contributed by atoms with Crippen molar-refractivity contribution in [1.29, 1.82) is 0 Å². The number of aromatic nitrogens is 3. The molecule has 0 saturated carbocycles. The van der Waals surface area contributed by atoms with Crippen LogP contribution >= 0.6 is 11.8 Å². The molecule has 9 heteroatoms. The van der Waals surface area contributed by atoms with Gasteiger partial charge in [0.15, 0.2) is 5.16 Å². The number of benzene rings is 1. The molecule has 0 unspecified atom stereocenters. The van der Waals surface area contributed by atoms with Crippen LogP contribution in [0.2, 0.25) is 0 Å². The number of thioether (sulfide) groups is 1. The number of carbonyl (C=O) groups is 2. The molecule has 1 aliphatic heterocycles. The number of carbonyl (C=O) groups excluding carboxylic acids is 2. The van der Waals surface area contributed by atoms with E-state index >= 15 is 0 Å². The van der Waals surface area contributed by atoms with Crippen molar-refractivity contribution in [2.24, 2.45) is 0 Å². The van der Waals surface area contributed by atoms with E-state index in [1.807, 2.05) is 23.6 Å². The Balaban J connectivity index is 1.50. The predicted molar refractivity (Wildman–Crippen MR) is 111 cm³/mol. The molecule has 1 N–H and O–H groups in total. The van der Waals surface area contributed by atoms with Crippen molar-refractivity contribution in [2.45, 2.75) is 44.8 Å². The number of hydrogen-bond acceptors (Lipinski definition) is 6. The molecule has 0 spiro atoms. The second kappa shape index (κ2) is 9.78. The Labute approximate surface area is 175 Å². The van der Waals surface area contributed by atoms with Crippen LogP contribution in [-0.2, 0) is 9.53 Å². The van der Waals surface area contributed by atoms with Crippen molar-refractivity contribution in [1.82, 2.24) is 25.0 Å². The maximum atomic E-state index is 12.4. The summed E-state index contributed by atoms with van der Waals surface area (Å²) in [4.78, 5) is 25.8. The van der Waals surface area contributed by atoms with Crippen LogP contribution < -0.4 is 5.32 Å². The molecule has 156 valence electrons. The number of amides is 2. The molecular weight excluding hydrogens is 390 g/mol. The molecule has 2 amide bonds. The van der Waals surface area contributed by atoms with E-state index in [4.69, 9.17) is 4.74 Å². The zero-order chi connectivity index (χ0) is 20.8. The minimum Gasteiger partial charge on any atom is -0.450 e. The quantitative estimate of drug-likeness (QED) is 0.727. The van der Waals surface area contributed by atoms with E-state index in [2.05, 4.69) is 28.5 Å². The second-order valence-corrected chi connectivity index (χ2v) is 8.03. The van der Waals surface area contributed by atoms with Gasteiger partial charge in [0.25, 0.3) is 0 Å². The molecule has 1 saturated heterocycles. The van der Waals surface area contributed by atoms with Crippen molar-refractivity contribution in [3.63, 3.8) is 0 Å². The number of ether oxygens (including phenoxy) is 1. The number of likely N-dealkylation sites (tertiary alicyclic amines) is 1. The van der Waals surface area contributed by atoms with Crippen LogP contribution in [0.3, 0.4) is 0 Å². The molecule has 0 atom stereocenters. The van der Waals surface area contributed by atoms with Crippen LogP contribution in [0.15, 0.2) is 29.7 Å². The number of aryl methyl sites for hydroxylation is 2. The Bertz CT molecular complexity index is 862. The van der Waals surface area contributed by atoms with Gasteiger partial charge in [-0.2, -0.15) is 0 Å². The summed E-state index contributed by atoms with van der Waals surface area (Å²) in [6, 6.07) is 6.27. The Hall–Kier alpha value is -2.55. The highest BCUT2D eigenvalue weighted by atomic mass is 32.2. The molecule has 8 nitrogen and oxygen atoms in total. The van der Waals surface area contributed by atoms with Crippen LogP contribution in [0.5, 0.6) is 0 Å². The standard InChI is InChI=1S/C20H27N5O3S/c1-4-28-20(27)24-9-7-16(8-10-24)22-18(26)12-29-19-23-21-13-25(19)17-6-5-14(2)11-15(17)3/h5-6,11,13,16H,4,7-10,12H2,1-3H3,(H,22,26). The maximum absolute atomic E-state index is 12.4. The molecule has 3 rings (SSSR count). The molecule has 0 radical (unpaired) electrons. The minimum atomic E-state index is -0.279. The lowest BCUT2D eigenvalue weighted by Gasteiger charge is -2.31. The van der Waals surface area contributed by atoms with Gasteiger partial charge >= 0.3 is 6.09 Å². The Kier molecular flexibility index (Phi) is 7.13. The first kappa shape index (κ1) is 21.2. The van der Waals surface area contributed by atoms with Crippen LogP contribution in [0.4, 0.5) is 4.79 Å². The second-order valence-electron chi connectivity index (χ2n) is 7.09. The summed E-state index contributed by atoms with van der Waals surface area (Å²) in [7, 11) is 0. The highest BCUT2D eigenvalue weighted by molar-refractivity contribution is 7.99. The highest BCUT2D eigenvalue weighted by Gasteiger charge is 2.24. The van der Waals surface area contributed by atoms with Crippen LogP contribution in [0.1, 0.15) is 30.9 Å². The lowest BCUT2D eigenvalue weighted by Crippen LogP contribution is -2.47. The topological polar surface area (TPSA) is 89.3 Å². The highest BCUT2D eigenvalue weighted by Crippen LogP contribution is 2.22. The fraction of sp³-hybridized carbons (Fsp3) is 0.500. The average Bonchev–Trinajstić information content (AvgIpc) is 3.15. The molecule has 0 bridgehead atoms. The van der Waals surface area contributed by atoms with Gasteiger partial charge in [-0.05, 0) is 45.2 Å². The SMILES string of the molecule is CCOC(=O)N1CCC(NC(=O)CSc2nncn2-c2ccc(C)cc2C)CC1. The molecule has 29 heavy (non-hydrogen) atoms. The Morgan fingerprint density at radius 3 is 2.72 bits per heavy atom. The van der Waals surface area contributed by atoms with E-state index in [9.17, 15) is 9.59 Å². The molecule has 1 fully saturated rings. The van der Waals surface area contributed by atoms with Gasteiger partial charge in [-0.1, -0.05) is 29.5 Å². The van der Waals surface area contributed by atoms with Gasteiger partial charge in [-0.3, -0.25) is 9.36 Å². The van der Waals surface area contributed by atoms with Gasteiger partial charge in [0.05, 0.1) is 18.0 Å². The Morgan fingerprint density at radius 2 is 2.03 bits per heavy atom. The third-order valence-electron chi connectivity index (χ3n) is 4.85. The van der Waals surface area contributed by atoms with E-state index in [-0.39, 0.29) is 23.8 Å². The van der Waals surface area contributed by atoms with Crippen molar-refractivity contribution < 1.29 is 14.3 Å². The summed E-state index contributed by atoms with van der Waals surface area (Å²) in [6.07, 6.45) is 2.85. The summed E-state index contributed by atoms with van der Waals surface area (Å²) >= 11 is 1.36. The van der Waals surface area contributed by atoms with Crippen LogP contribution in [-0.4, -0.2) is 63.2 Å². The number of nitrogens with one attached hydrogen (secondary N) is 1. The van der Waals surface area contributed by atoms with Gasteiger partial charge in [-0.25, -0.2) is 4.79 Å². The first-order valence-electron chi connectivity index (χ1n) is 9.79. The van der Waals surface area contributed by atoms with Gasteiger partial charge in [0.1, 0.15) is 6.33 Å². The summed E-state index contributed by atoms with van der Waals surface area (Å²) in [6.45, 7) is 7.46.